The minimum atomic E-state index is -6.35. The van der Waals surface area contributed by atoms with Crippen molar-refractivity contribution in [3.8, 4) is 0 Å². The Labute approximate surface area is 236 Å². The lowest BCUT2D eigenvalue weighted by atomic mass is 9.74. The van der Waals surface area contributed by atoms with Crippen LogP contribution in [0.1, 0.15) is 49.8 Å². The van der Waals surface area contributed by atoms with Crippen LogP contribution in [-0.4, -0.2) is 50.1 Å². The predicted molar refractivity (Wildman–Crippen MR) is 134 cm³/mol. The van der Waals surface area contributed by atoms with Crippen LogP contribution >= 0.6 is 0 Å². The number of sulfone groups is 1. The van der Waals surface area contributed by atoms with Crippen LogP contribution < -0.4 is 10.6 Å². The monoisotopic (exact) mass is 628 g/mol. The number of alkyl halides is 7. The fourth-order valence-electron chi connectivity index (χ4n) is 6.07. The lowest BCUT2D eigenvalue weighted by Crippen LogP contribution is -2.52. The summed E-state index contributed by atoms with van der Waals surface area (Å²) >= 11 is 0. The van der Waals surface area contributed by atoms with Crippen LogP contribution in [0, 0.1) is 11.7 Å². The maximum absolute atomic E-state index is 14.9. The van der Waals surface area contributed by atoms with Gasteiger partial charge in [-0.05, 0) is 74.9 Å². The van der Waals surface area contributed by atoms with E-state index in [0.717, 1.165) is 30.3 Å². The highest BCUT2D eigenvalue weighted by Gasteiger charge is 2.73. The molecule has 3 N–H and O–H groups in total. The number of hydrogen-bond donors (Lipinski definition) is 3. The van der Waals surface area contributed by atoms with E-state index in [1.165, 1.54) is 13.8 Å². The summed E-state index contributed by atoms with van der Waals surface area (Å²) in [7, 11) is -4.52. The Kier molecular flexibility index (Phi) is 7.88. The van der Waals surface area contributed by atoms with Gasteiger partial charge in [-0.2, -0.15) is 26.3 Å². The van der Waals surface area contributed by atoms with Gasteiger partial charge in [0.15, 0.2) is 9.84 Å². The van der Waals surface area contributed by atoms with Gasteiger partial charge in [-0.3, -0.25) is 0 Å². The molecule has 0 saturated heterocycles. The number of amides is 2. The Morgan fingerprint density at radius 3 is 2.12 bits per heavy atom. The number of carbonyl (C=O) groups is 1. The molecule has 0 aromatic heterocycles. The van der Waals surface area contributed by atoms with Crippen LogP contribution in [0.15, 0.2) is 47.4 Å². The number of benzene rings is 2. The second-order valence-corrected chi connectivity index (χ2v) is 13.5. The Morgan fingerprint density at radius 1 is 0.976 bits per heavy atom. The summed E-state index contributed by atoms with van der Waals surface area (Å²) in [6, 6.07) is 3.73. The molecule has 2 aliphatic rings. The van der Waals surface area contributed by atoms with Crippen molar-refractivity contribution in [3.05, 3.63) is 65.0 Å². The molecular weight excluding hydrogens is 600 g/mol. The molecule has 2 aliphatic carbocycles. The summed E-state index contributed by atoms with van der Waals surface area (Å²) in [5.74, 6) is -1.65. The quantitative estimate of drug-likeness (QED) is 0.288. The molecule has 4 rings (SSSR count). The lowest BCUT2D eigenvalue weighted by Gasteiger charge is -2.43. The summed E-state index contributed by atoms with van der Waals surface area (Å²) in [6.07, 6.45) is -13.1. The van der Waals surface area contributed by atoms with E-state index in [-0.39, 0.29) is 48.3 Å². The molecule has 0 bridgehead atoms. The molecule has 3 atom stereocenters. The Bertz CT molecular complexity index is 1440. The topological polar surface area (TPSA) is 95.5 Å². The maximum Gasteiger partial charge on any atom is 0.435 e. The van der Waals surface area contributed by atoms with E-state index in [1.54, 1.807) is 0 Å². The van der Waals surface area contributed by atoms with Gasteiger partial charge in [0.1, 0.15) is 10.6 Å². The zero-order valence-electron chi connectivity index (χ0n) is 22.3. The number of fused-ring (bicyclic) bond motifs is 3. The van der Waals surface area contributed by atoms with Crippen LogP contribution in [0.25, 0.3) is 0 Å². The molecule has 2 aromatic rings. The molecule has 0 unspecified atom stereocenters. The molecule has 15 heteroatoms. The molecule has 0 radical (unpaired) electrons. The summed E-state index contributed by atoms with van der Waals surface area (Å²) in [6.45, 7) is 2.74. The first kappa shape index (κ1) is 32.0. The first-order valence-electron chi connectivity index (χ1n) is 12.9. The highest BCUT2D eigenvalue weighted by atomic mass is 32.2. The second-order valence-electron chi connectivity index (χ2n) is 11.3. The normalized spacial score (nSPS) is 23.2. The van der Waals surface area contributed by atoms with Gasteiger partial charge >= 0.3 is 24.1 Å². The van der Waals surface area contributed by atoms with E-state index in [2.05, 4.69) is 10.6 Å². The number of nitrogens with one attached hydrogen (secondary N) is 2. The van der Waals surface area contributed by atoms with E-state index in [4.69, 9.17) is 0 Å². The Morgan fingerprint density at radius 2 is 1.57 bits per heavy atom. The number of halogens is 8. The predicted octanol–water partition coefficient (Wildman–Crippen LogP) is 5.58. The molecule has 0 spiro atoms. The van der Waals surface area contributed by atoms with E-state index in [1.807, 2.05) is 0 Å². The lowest BCUT2D eigenvalue weighted by molar-refractivity contribution is -0.348. The smallest absolute Gasteiger partial charge is 0.389 e. The number of rotatable bonds is 6. The van der Waals surface area contributed by atoms with E-state index < -0.39 is 67.6 Å². The van der Waals surface area contributed by atoms with Gasteiger partial charge in [-0.15, -0.1) is 0 Å². The SMILES string of the molecule is CC(C)(O)CNC(=O)N[C@@H]1CC[C@@]2(S(=O)(=O)c3ccc(F)cc3)c3ccc(C(F)(C(F)(F)F)C(F)(F)F)cc3CC[C@@H]12. The second kappa shape index (κ2) is 10.4. The molecule has 232 valence electrons. The van der Waals surface area contributed by atoms with Crippen molar-refractivity contribution >= 4 is 15.9 Å². The molecule has 2 amide bonds. The minimum Gasteiger partial charge on any atom is -0.389 e. The number of hydrogen-bond acceptors (Lipinski definition) is 4. The standard InChI is InChI=1S/C27H28F8N2O4S/c1-23(2,39)14-36-22(38)37-21-11-12-24(42(40,41)18-7-5-17(28)6-8-18)19-10-4-16(13-15(19)3-9-20(21)24)25(29,26(30,31)32)27(33,34)35/h4-8,10,13,20-21,39H,3,9,11-12,14H2,1-2H3,(H2,36,37,38)/t20-,21+,24+/m0/s1. The first-order chi connectivity index (χ1) is 19.1. The van der Waals surface area contributed by atoms with Gasteiger partial charge in [0.25, 0.3) is 0 Å². The summed E-state index contributed by atoms with van der Waals surface area (Å²) in [5.41, 5.74) is -9.01. The zero-order valence-corrected chi connectivity index (χ0v) is 23.2. The van der Waals surface area contributed by atoms with Gasteiger partial charge in [0.2, 0.25) is 0 Å². The maximum atomic E-state index is 14.9. The average molecular weight is 629 g/mol. The molecular formula is C27H28F8N2O4S. The van der Waals surface area contributed by atoms with Crippen molar-refractivity contribution in [2.75, 3.05) is 6.54 Å². The van der Waals surface area contributed by atoms with Crippen LogP contribution in [0.5, 0.6) is 0 Å². The highest BCUT2D eigenvalue weighted by Crippen LogP contribution is 2.59. The number of urea groups is 1. The van der Waals surface area contributed by atoms with Crippen molar-refractivity contribution in [1.29, 1.82) is 0 Å². The van der Waals surface area contributed by atoms with E-state index >= 15 is 0 Å². The third kappa shape index (κ3) is 5.22. The van der Waals surface area contributed by atoms with Gasteiger partial charge in [-0.25, -0.2) is 22.0 Å². The van der Waals surface area contributed by atoms with Crippen molar-refractivity contribution in [1.82, 2.24) is 10.6 Å². The fourth-order valence-corrected chi connectivity index (χ4v) is 8.54. The van der Waals surface area contributed by atoms with Crippen molar-refractivity contribution in [2.24, 2.45) is 5.92 Å². The largest absolute Gasteiger partial charge is 0.435 e. The minimum absolute atomic E-state index is 0.0559. The van der Waals surface area contributed by atoms with Crippen molar-refractivity contribution in [2.45, 2.75) is 78.8 Å². The Hall–Kier alpha value is -2.94. The number of aryl methyl sites for hydroxylation is 1. The van der Waals surface area contributed by atoms with Crippen LogP contribution in [0.3, 0.4) is 0 Å². The van der Waals surface area contributed by atoms with E-state index in [9.17, 15) is 53.4 Å². The highest BCUT2D eigenvalue weighted by molar-refractivity contribution is 7.92. The number of carbonyl (C=O) groups excluding carboxylic acids is 1. The average Bonchev–Trinajstić information content (AvgIpc) is 3.25. The molecule has 0 aliphatic heterocycles. The Balaban J connectivity index is 1.85. The van der Waals surface area contributed by atoms with Crippen LogP contribution in [0.4, 0.5) is 39.9 Å². The number of aliphatic hydroxyl groups is 1. The molecule has 42 heavy (non-hydrogen) atoms. The molecule has 0 heterocycles. The van der Waals surface area contributed by atoms with Gasteiger partial charge in [0, 0.05) is 24.1 Å². The molecule has 6 nitrogen and oxygen atoms in total. The molecule has 1 fully saturated rings. The fraction of sp³-hybridized carbons (Fsp3) is 0.519. The summed E-state index contributed by atoms with van der Waals surface area (Å²) in [4.78, 5) is 12.2. The van der Waals surface area contributed by atoms with Crippen molar-refractivity contribution < 1.29 is 53.4 Å². The summed E-state index contributed by atoms with van der Waals surface area (Å²) < 4.78 is 136. The summed E-state index contributed by atoms with van der Waals surface area (Å²) in [5, 5.41) is 15.0. The van der Waals surface area contributed by atoms with Gasteiger partial charge in [-0.1, -0.05) is 18.2 Å². The first-order valence-corrected chi connectivity index (χ1v) is 14.4. The third-order valence-electron chi connectivity index (χ3n) is 7.98. The van der Waals surface area contributed by atoms with Crippen LogP contribution in [-0.2, 0) is 26.7 Å². The van der Waals surface area contributed by atoms with Crippen molar-refractivity contribution in [3.63, 3.8) is 0 Å². The molecule has 1 saturated carbocycles. The van der Waals surface area contributed by atoms with Gasteiger partial charge in [0.05, 0.1) is 10.5 Å². The van der Waals surface area contributed by atoms with Gasteiger partial charge < -0.3 is 15.7 Å². The van der Waals surface area contributed by atoms with Crippen LogP contribution in [0.2, 0.25) is 0 Å². The zero-order chi connectivity index (χ0) is 31.5. The third-order valence-corrected chi connectivity index (χ3v) is 10.6. The molecule has 2 aromatic carbocycles. The van der Waals surface area contributed by atoms with E-state index in [0.29, 0.717) is 12.1 Å².